The molecule has 0 atom stereocenters. The molecule has 0 radical (unpaired) electrons. The second kappa shape index (κ2) is 7.75. The Labute approximate surface area is 137 Å². The second-order valence-corrected chi connectivity index (χ2v) is 5.71. The van der Waals surface area contributed by atoms with Crippen molar-refractivity contribution in [2.24, 2.45) is 0 Å². The van der Waals surface area contributed by atoms with Crippen LogP contribution in [0, 0.1) is 6.92 Å². The Hall–Kier alpha value is -2.14. The molecule has 0 aliphatic heterocycles. The van der Waals surface area contributed by atoms with Crippen molar-refractivity contribution in [3.63, 3.8) is 0 Å². The van der Waals surface area contributed by atoms with E-state index in [1.807, 2.05) is 49.4 Å². The molecule has 1 amide bonds. The molecular formula is C17H16BrNO3. The zero-order valence-electron chi connectivity index (χ0n) is 12.1. The minimum absolute atomic E-state index is 0.155. The molecule has 5 heteroatoms. The quantitative estimate of drug-likeness (QED) is 0.829. The van der Waals surface area contributed by atoms with E-state index in [4.69, 9.17) is 4.74 Å². The summed E-state index contributed by atoms with van der Waals surface area (Å²) in [6.07, 6.45) is 0.155. The Morgan fingerprint density at radius 1 is 1.14 bits per heavy atom. The molecule has 0 heterocycles. The Morgan fingerprint density at radius 3 is 2.55 bits per heavy atom. The van der Waals surface area contributed by atoms with Crippen LogP contribution in [0.25, 0.3) is 0 Å². The molecule has 2 rings (SSSR count). The van der Waals surface area contributed by atoms with Crippen molar-refractivity contribution in [1.29, 1.82) is 0 Å². The third-order valence-electron chi connectivity index (χ3n) is 2.95. The normalized spacial score (nSPS) is 10.1. The zero-order chi connectivity index (χ0) is 15.9. The van der Waals surface area contributed by atoms with Gasteiger partial charge in [0.25, 0.3) is 5.91 Å². The van der Waals surface area contributed by atoms with Crippen molar-refractivity contribution in [3.8, 4) is 0 Å². The van der Waals surface area contributed by atoms with Gasteiger partial charge in [0.15, 0.2) is 6.61 Å². The van der Waals surface area contributed by atoms with E-state index < -0.39 is 5.97 Å². The number of carbonyl (C=O) groups excluding carboxylic acids is 2. The first-order chi connectivity index (χ1) is 10.5. The fourth-order valence-corrected chi connectivity index (χ4v) is 2.46. The van der Waals surface area contributed by atoms with Gasteiger partial charge < -0.3 is 10.1 Å². The highest BCUT2D eigenvalue weighted by molar-refractivity contribution is 9.10. The van der Waals surface area contributed by atoms with E-state index in [2.05, 4.69) is 21.2 Å². The number of esters is 1. The summed E-state index contributed by atoms with van der Waals surface area (Å²) < 4.78 is 5.77. The number of hydrogen-bond acceptors (Lipinski definition) is 3. The monoisotopic (exact) mass is 361 g/mol. The maximum absolute atomic E-state index is 11.8. The average Bonchev–Trinajstić information content (AvgIpc) is 2.49. The largest absolute Gasteiger partial charge is 0.455 e. The van der Waals surface area contributed by atoms with Crippen LogP contribution in [0.15, 0.2) is 53.0 Å². The Bertz CT molecular complexity index is 671. The summed E-state index contributed by atoms with van der Waals surface area (Å²) in [6.45, 7) is 1.66. The lowest BCUT2D eigenvalue weighted by Gasteiger charge is -2.09. The van der Waals surface area contributed by atoms with Crippen molar-refractivity contribution >= 4 is 33.5 Å². The predicted molar refractivity (Wildman–Crippen MR) is 88.6 cm³/mol. The molecule has 1 N–H and O–H groups in total. The van der Waals surface area contributed by atoms with Gasteiger partial charge in [0.05, 0.1) is 12.1 Å². The highest BCUT2D eigenvalue weighted by Gasteiger charge is 2.10. The maximum Gasteiger partial charge on any atom is 0.310 e. The summed E-state index contributed by atoms with van der Waals surface area (Å²) in [5.41, 5.74) is 2.59. The van der Waals surface area contributed by atoms with Crippen molar-refractivity contribution in [3.05, 3.63) is 64.1 Å². The van der Waals surface area contributed by atoms with Crippen LogP contribution < -0.4 is 5.32 Å². The third-order valence-corrected chi connectivity index (χ3v) is 3.61. The summed E-state index contributed by atoms with van der Waals surface area (Å²) in [4.78, 5) is 23.5. The van der Waals surface area contributed by atoms with Crippen LogP contribution in [0.3, 0.4) is 0 Å². The van der Waals surface area contributed by atoms with Crippen LogP contribution in [0.5, 0.6) is 0 Å². The lowest BCUT2D eigenvalue weighted by atomic mass is 10.2. The second-order valence-electron chi connectivity index (χ2n) is 4.85. The van der Waals surface area contributed by atoms with Crippen LogP contribution in [0.2, 0.25) is 0 Å². The van der Waals surface area contributed by atoms with Crippen molar-refractivity contribution in [2.45, 2.75) is 13.3 Å². The number of ether oxygens (including phenoxy) is 1. The van der Waals surface area contributed by atoms with E-state index in [1.165, 1.54) is 0 Å². The van der Waals surface area contributed by atoms with Gasteiger partial charge in [-0.3, -0.25) is 9.59 Å². The fourth-order valence-electron chi connectivity index (χ4n) is 1.87. The van der Waals surface area contributed by atoms with Crippen LogP contribution in [0.1, 0.15) is 11.1 Å². The number of halogens is 1. The fraction of sp³-hybridized carbons (Fsp3) is 0.176. The number of benzene rings is 2. The lowest BCUT2D eigenvalue weighted by Crippen LogP contribution is -2.21. The molecule has 2 aromatic carbocycles. The zero-order valence-corrected chi connectivity index (χ0v) is 13.7. The highest BCUT2D eigenvalue weighted by atomic mass is 79.9. The Kier molecular flexibility index (Phi) is 5.72. The molecule has 0 aliphatic rings. The van der Waals surface area contributed by atoms with Crippen LogP contribution in [-0.2, 0) is 20.7 Å². The predicted octanol–water partition coefficient (Wildman–Crippen LogP) is 3.48. The van der Waals surface area contributed by atoms with Gasteiger partial charge in [-0.25, -0.2) is 0 Å². The van der Waals surface area contributed by atoms with Crippen LogP contribution >= 0.6 is 15.9 Å². The minimum atomic E-state index is -0.427. The van der Waals surface area contributed by atoms with Gasteiger partial charge >= 0.3 is 5.97 Å². The average molecular weight is 362 g/mol. The molecule has 0 aromatic heterocycles. The van der Waals surface area contributed by atoms with Gasteiger partial charge in [-0.2, -0.15) is 0 Å². The van der Waals surface area contributed by atoms with E-state index in [0.717, 1.165) is 15.6 Å². The van der Waals surface area contributed by atoms with Gasteiger partial charge in [0.2, 0.25) is 0 Å². The summed E-state index contributed by atoms with van der Waals surface area (Å²) in [5, 5.41) is 2.69. The minimum Gasteiger partial charge on any atom is -0.455 e. The molecular weight excluding hydrogens is 346 g/mol. The van der Waals surface area contributed by atoms with E-state index in [9.17, 15) is 9.59 Å². The molecule has 0 saturated heterocycles. The number of carbonyl (C=O) groups is 2. The van der Waals surface area contributed by atoms with E-state index in [1.54, 1.807) is 6.07 Å². The van der Waals surface area contributed by atoms with Gasteiger partial charge in [-0.1, -0.05) is 36.4 Å². The highest BCUT2D eigenvalue weighted by Crippen LogP contribution is 2.23. The van der Waals surface area contributed by atoms with E-state index in [0.29, 0.717) is 5.69 Å². The molecule has 0 spiro atoms. The van der Waals surface area contributed by atoms with Crippen molar-refractivity contribution in [2.75, 3.05) is 11.9 Å². The molecule has 0 unspecified atom stereocenters. The van der Waals surface area contributed by atoms with Gasteiger partial charge in [-0.05, 0) is 46.1 Å². The summed E-state index contributed by atoms with van der Waals surface area (Å²) in [5.74, 6) is -0.796. The summed E-state index contributed by atoms with van der Waals surface area (Å²) >= 11 is 3.38. The number of rotatable bonds is 5. The third kappa shape index (κ3) is 5.00. The van der Waals surface area contributed by atoms with Crippen LogP contribution in [0.4, 0.5) is 5.69 Å². The smallest absolute Gasteiger partial charge is 0.310 e. The number of anilines is 1. The Morgan fingerprint density at radius 2 is 1.86 bits per heavy atom. The topological polar surface area (TPSA) is 55.4 Å². The number of aryl methyl sites for hydroxylation is 1. The Balaban J connectivity index is 1.81. The number of hydrogen-bond donors (Lipinski definition) is 1. The summed E-state index contributed by atoms with van der Waals surface area (Å²) in [7, 11) is 0. The van der Waals surface area contributed by atoms with E-state index in [-0.39, 0.29) is 18.9 Å². The van der Waals surface area contributed by atoms with E-state index >= 15 is 0 Å². The summed E-state index contributed by atoms with van der Waals surface area (Å²) in [6, 6.07) is 14.8. The molecule has 114 valence electrons. The first-order valence-electron chi connectivity index (χ1n) is 6.80. The van der Waals surface area contributed by atoms with Gasteiger partial charge in [0, 0.05) is 4.47 Å². The molecule has 0 saturated carbocycles. The lowest BCUT2D eigenvalue weighted by molar-refractivity contribution is -0.146. The molecule has 0 fully saturated rings. The molecule has 22 heavy (non-hydrogen) atoms. The van der Waals surface area contributed by atoms with Crippen molar-refractivity contribution in [1.82, 2.24) is 0 Å². The standard InChI is InChI=1S/C17H16BrNO3/c1-12-7-8-15(14(18)9-12)19-16(20)11-22-17(21)10-13-5-3-2-4-6-13/h2-9H,10-11H2,1H3,(H,19,20). The maximum atomic E-state index is 11.8. The first kappa shape index (κ1) is 16.2. The molecule has 0 aliphatic carbocycles. The number of nitrogens with one attached hydrogen (secondary N) is 1. The van der Waals surface area contributed by atoms with Crippen LogP contribution in [-0.4, -0.2) is 18.5 Å². The van der Waals surface area contributed by atoms with Gasteiger partial charge in [0.1, 0.15) is 0 Å². The van der Waals surface area contributed by atoms with Crippen molar-refractivity contribution < 1.29 is 14.3 Å². The molecule has 4 nitrogen and oxygen atoms in total. The molecule has 0 bridgehead atoms. The SMILES string of the molecule is Cc1ccc(NC(=O)COC(=O)Cc2ccccc2)c(Br)c1. The molecule has 2 aromatic rings. The number of amides is 1. The first-order valence-corrected chi connectivity index (χ1v) is 7.59. The van der Waals surface area contributed by atoms with Gasteiger partial charge in [-0.15, -0.1) is 0 Å².